The number of amides is 1. The molecule has 2 aromatic heterocycles. The van der Waals surface area contributed by atoms with E-state index in [1.807, 2.05) is 55.1 Å². The number of nitrogens with zero attached hydrogens (tertiary/aromatic N) is 4. The Morgan fingerprint density at radius 2 is 1.89 bits per heavy atom. The lowest BCUT2D eigenvalue weighted by molar-refractivity contribution is 0.0622. The fourth-order valence-corrected chi connectivity index (χ4v) is 3.54. The first kappa shape index (κ1) is 18.4. The van der Waals surface area contributed by atoms with E-state index in [-0.39, 0.29) is 5.91 Å². The Morgan fingerprint density at radius 3 is 2.64 bits per heavy atom. The van der Waals surface area contributed by atoms with Crippen molar-refractivity contribution < 1.29 is 14.1 Å². The van der Waals surface area contributed by atoms with Gasteiger partial charge in [-0.2, -0.15) is 0 Å². The maximum atomic E-state index is 13.1. The molecule has 1 fully saturated rings. The first-order valence-electron chi connectivity index (χ1n) is 9.55. The Hall–Kier alpha value is -2.93. The van der Waals surface area contributed by atoms with Crippen LogP contribution < -0.4 is 4.74 Å². The molecule has 1 aromatic carbocycles. The number of fused-ring (bicyclic) bond motifs is 1. The van der Waals surface area contributed by atoms with Gasteiger partial charge in [0, 0.05) is 38.4 Å². The van der Waals surface area contributed by atoms with Crippen molar-refractivity contribution in [2.75, 3.05) is 39.3 Å². The number of aromatic nitrogens is 2. The van der Waals surface area contributed by atoms with Gasteiger partial charge in [0.2, 0.25) is 0 Å². The minimum Gasteiger partial charge on any atom is -0.492 e. The molecule has 0 bridgehead atoms. The van der Waals surface area contributed by atoms with Crippen LogP contribution in [0, 0.1) is 13.8 Å². The summed E-state index contributed by atoms with van der Waals surface area (Å²) in [4.78, 5) is 21.7. The molecule has 7 heteroatoms. The van der Waals surface area contributed by atoms with Crippen molar-refractivity contribution in [3.8, 4) is 5.75 Å². The fraction of sp³-hybridized carbons (Fsp3) is 0.381. The van der Waals surface area contributed by atoms with Gasteiger partial charge in [-0.25, -0.2) is 4.98 Å². The molecule has 0 aliphatic carbocycles. The van der Waals surface area contributed by atoms with Crippen molar-refractivity contribution in [1.82, 2.24) is 19.9 Å². The van der Waals surface area contributed by atoms with Gasteiger partial charge >= 0.3 is 0 Å². The fourth-order valence-electron chi connectivity index (χ4n) is 3.54. The maximum Gasteiger partial charge on any atom is 0.258 e. The molecule has 3 aromatic rings. The van der Waals surface area contributed by atoms with Crippen LogP contribution in [-0.4, -0.2) is 65.2 Å². The van der Waals surface area contributed by atoms with E-state index >= 15 is 0 Å². The van der Waals surface area contributed by atoms with Gasteiger partial charge in [0.25, 0.3) is 11.6 Å². The lowest BCUT2D eigenvalue weighted by Gasteiger charge is -2.34. The molecule has 0 N–H and O–H groups in total. The Morgan fingerprint density at radius 1 is 1.14 bits per heavy atom. The van der Waals surface area contributed by atoms with Crippen LogP contribution in [0.1, 0.15) is 21.7 Å². The standard InChI is InChI=1S/C21H24N4O3/c1-15-14-18(19-16(2)23-28-20(19)22-15)21(26)25-10-8-24(9-11-25)12-13-27-17-6-4-3-5-7-17/h3-7,14H,8-13H2,1-2H3. The van der Waals surface area contributed by atoms with Crippen LogP contribution in [0.15, 0.2) is 40.9 Å². The smallest absolute Gasteiger partial charge is 0.258 e. The molecule has 0 unspecified atom stereocenters. The van der Waals surface area contributed by atoms with Gasteiger partial charge in [-0.15, -0.1) is 0 Å². The second-order valence-corrected chi connectivity index (χ2v) is 7.05. The van der Waals surface area contributed by atoms with Crippen LogP contribution >= 0.6 is 0 Å². The first-order chi connectivity index (χ1) is 13.6. The first-order valence-corrected chi connectivity index (χ1v) is 9.55. The summed E-state index contributed by atoms with van der Waals surface area (Å²) < 4.78 is 11.0. The highest BCUT2D eigenvalue weighted by atomic mass is 16.5. The van der Waals surface area contributed by atoms with Crippen molar-refractivity contribution in [3.05, 3.63) is 53.3 Å². The molecule has 1 aliphatic heterocycles. The second kappa shape index (κ2) is 7.98. The second-order valence-electron chi connectivity index (χ2n) is 7.05. The Balaban J connectivity index is 1.35. The normalized spacial score (nSPS) is 15.1. The molecule has 0 saturated carbocycles. The number of hydrogen-bond donors (Lipinski definition) is 0. The summed E-state index contributed by atoms with van der Waals surface area (Å²) in [6.07, 6.45) is 0. The number of benzene rings is 1. The topological polar surface area (TPSA) is 71.7 Å². The van der Waals surface area contributed by atoms with E-state index in [9.17, 15) is 4.79 Å². The van der Waals surface area contributed by atoms with Crippen LogP contribution in [0.4, 0.5) is 0 Å². The summed E-state index contributed by atoms with van der Waals surface area (Å²) in [6.45, 7) is 8.24. The minimum absolute atomic E-state index is 0.0157. The highest BCUT2D eigenvalue weighted by molar-refractivity contribution is 6.06. The lowest BCUT2D eigenvalue weighted by Crippen LogP contribution is -2.49. The van der Waals surface area contributed by atoms with Gasteiger partial charge in [0.05, 0.1) is 16.6 Å². The van der Waals surface area contributed by atoms with Crippen molar-refractivity contribution in [2.24, 2.45) is 0 Å². The van der Waals surface area contributed by atoms with Crippen LogP contribution in [0.2, 0.25) is 0 Å². The molecular formula is C21H24N4O3. The quantitative estimate of drug-likeness (QED) is 0.678. The zero-order chi connectivity index (χ0) is 19.5. The SMILES string of the molecule is Cc1cc(C(=O)N2CCN(CCOc3ccccc3)CC2)c2c(C)noc2n1. The molecule has 7 nitrogen and oxygen atoms in total. The van der Waals surface area contributed by atoms with Gasteiger partial charge in [-0.3, -0.25) is 9.69 Å². The average molecular weight is 380 g/mol. The Labute approximate surface area is 163 Å². The summed E-state index contributed by atoms with van der Waals surface area (Å²) in [5.41, 5.74) is 2.51. The summed E-state index contributed by atoms with van der Waals surface area (Å²) in [7, 11) is 0. The van der Waals surface area contributed by atoms with E-state index in [1.54, 1.807) is 0 Å². The molecule has 0 atom stereocenters. The monoisotopic (exact) mass is 380 g/mol. The van der Waals surface area contributed by atoms with Crippen molar-refractivity contribution in [3.63, 3.8) is 0 Å². The van der Waals surface area contributed by atoms with E-state index in [1.165, 1.54) is 0 Å². The number of rotatable bonds is 5. The Kier molecular flexibility index (Phi) is 5.25. The summed E-state index contributed by atoms with van der Waals surface area (Å²) in [5.74, 6) is 0.902. The Bertz CT molecular complexity index is 962. The van der Waals surface area contributed by atoms with Gasteiger partial charge in [-0.05, 0) is 32.0 Å². The van der Waals surface area contributed by atoms with Crippen LogP contribution in [-0.2, 0) is 0 Å². The van der Waals surface area contributed by atoms with E-state index in [4.69, 9.17) is 9.26 Å². The highest BCUT2D eigenvalue weighted by Gasteiger charge is 2.25. The third-order valence-electron chi connectivity index (χ3n) is 5.05. The molecule has 3 heterocycles. The molecular weight excluding hydrogens is 356 g/mol. The summed E-state index contributed by atoms with van der Waals surface area (Å²) in [5, 5.41) is 4.68. The summed E-state index contributed by atoms with van der Waals surface area (Å²) >= 11 is 0. The predicted octanol–water partition coefficient (Wildman–Crippen LogP) is 2.68. The zero-order valence-corrected chi connectivity index (χ0v) is 16.2. The minimum atomic E-state index is 0.0157. The molecule has 4 rings (SSSR count). The average Bonchev–Trinajstić information content (AvgIpc) is 3.09. The summed E-state index contributed by atoms with van der Waals surface area (Å²) in [6, 6.07) is 11.7. The molecule has 28 heavy (non-hydrogen) atoms. The van der Waals surface area contributed by atoms with Gasteiger partial charge in [-0.1, -0.05) is 23.4 Å². The largest absolute Gasteiger partial charge is 0.492 e. The van der Waals surface area contributed by atoms with Crippen molar-refractivity contribution >= 4 is 17.0 Å². The molecule has 1 aliphatic rings. The van der Waals surface area contributed by atoms with Crippen LogP contribution in [0.25, 0.3) is 11.1 Å². The number of piperazine rings is 1. The van der Waals surface area contributed by atoms with Gasteiger partial charge < -0.3 is 14.2 Å². The van der Waals surface area contributed by atoms with Crippen molar-refractivity contribution in [1.29, 1.82) is 0 Å². The van der Waals surface area contributed by atoms with E-state index < -0.39 is 0 Å². The molecule has 1 saturated heterocycles. The number of pyridine rings is 1. The van der Waals surface area contributed by atoms with E-state index in [0.717, 1.165) is 31.1 Å². The predicted molar refractivity (Wildman–Crippen MR) is 106 cm³/mol. The van der Waals surface area contributed by atoms with Crippen LogP contribution in [0.5, 0.6) is 5.75 Å². The third kappa shape index (κ3) is 3.84. The number of aryl methyl sites for hydroxylation is 2. The third-order valence-corrected chi connectivity index (χ3v) is 5.05. The number of hydrogen-bond acceptors (Lipinski definition) is 6. The zero-order valence-electron chi connectivity index (χ0n) is 16.2. The van der Waals surface area contributed by atoms with Gasteiger partial charge in [0.1, 0.15) is 12.4 Å². The van der Waals surface area contributed by atoms with E-state index in [2.05, 4.69) is 15.0 Å². The molecule has 0 spiro atoms. The highest BCUT2D eigenvalue weighted by Crippen LogP contribution is 2.23. The molecule has 1 amide bonds. The molecule has 0 radical (unpaired) electrons. The van der Waals surface area contributed by atoms with Crippen molar-refractivity contribution in [2.45, 2.75) is 13.8 Å². The maximum absolute atomic E-state index is 13.1. The van der Waals surface area contributed by atoms with Crippen LogP contribution in [0.3, 0.4) is 0 Å². The van der Waals surface area contributed by atoms with E-state index in [0.29, 0.717) is 42.1 Å². The number of ether oxygens (including phenoxy) is 1. The number of carbonyl (C=O) groups is 1. The molecule has 146 valence electrons. The lowest BCUT2D eigenvalue weighted by atomic mass is 10.1. The number of para-hydroxylation sites is 1. The number of carbonyl (C=O) groups excluding carboxylic acids is 1. The van der Waals surface area contributed by atoms with Gasteiger partial charge in [0.15, 0.2) is 0 Å².